The van der Waals surface area contributed by atoms with Crippen molar-refractivity contribution in [1.82, 2.24) is 0 Å². The Bertz CT molecular complexity index is 677. The van der Waals surface area contributed by atoms with Gasteiger partial charge in [-0.3, -0.25) is 0 Å². The van der Waals surface area contributed by atoms with E-state index in [9.17, 15) is 0 Å². The third-order valence-corrected chi connectivity index (χ3v) is 5.80. The molecule has 0 aromatic heterocycles. The van der Waals surface area contributed by atoms with Crippen LogP contribution in [0.5, 0.6) is 5.75 Å². The van der Waals surface area contributed by atoms with Gasteiger partial charge in [-0.2, -0.15) is 0 Å². The SMILES string of the molecule is COc1c(C)cc(Br)c(C)c1C(Br)c1ccc(C)c(C)c1. The Morgan fingerprint density at radius 2 is 1.62 bits per heavy atom. The molecule has 0 bridgehead atoms. The summed E-state index contributed by atoms with van der Waals surface area (Å²) >= 11 is 7.51. The fraction of sp³-hybridized carbons (Fsp3) is 0.333. The first-order valence-electron chi connectivity index (χ1n) is 6.91. The highest BCUT2D eigenvalue weighted by atomic mass is 79.9. The standard InChI is InChI=1S/C18H20Br2O/c1-10-6-7-14(8-11(10)2)17(20)16-13(4)15(19)9-12(3)18(16)21-5/h6-9,17H,1-5H3. The number of alkyl halides is 1. The van der Waals surface area contributed by atoms with E-state index in [1.54, 1.807) is 7.11 Å². The number of benzene rings is 2. The molecule has 0 fully saturated rings. The van der Waals surface area contributed by atoms with Crippen LogP contribution in [0.15, 0.2) is 28.7 Å². The first-order chi connectivity index (χ1) is 9.86. The minimum atomic E-state index is 0.114. The lowest BCUT2D eigenvalue weighted by molar-refractivity contribution is 0.406. The molecule has 1 unspecified atom stereocenters. The van der Waals surface area contributed by atoms with Crippen LogP contribution < -0.4 is 4.74 Å². The molecular formula is C18H20Br2O. The minimum Gasteiger partial charge on any atom is -0.496 e. The van der Waals surface area contributed by atoms with Gasteiger partial charge in [-0.1, -0.05) is 50.1 Å². The monoisotopic (exact) mass is 410 g/mol. The maximum atomic E-state index is 5.66. The van der Waals surface area contributed by atoms with Gasteiger partial charge in [0.15, 0.2) is 0 Å². The maximum absolute atomic E-state index is 5.66. The Balaban J connectivity index is 2.62. The van der Waals surface area contributed by atoms with Crippen LogP contribution >= 0.6 is 31.9 Å². The largest absolute Gasteiger partial charge is 0.496 e. The zero-order valence-corrected chi connectivity index (χ0v) is 16.2. The summed E-state index contributed by atoms with van der Waals surface area (Å²) in [4.78, 5) is 0.114. The number of hydrogen-bond acceptors (Lipinski definition) is 1. The summed E-state index contributed by atoms with van der Waals surface area (Å²) in [5.41, 5.74) is 7.40. The predicted molar refractivity (Wildman–Crippen MR) is 96.9 cm³/mol. The number of hydrogen-bond donors (Lipinski definition) is 0. The summed E-state index contributed by atoms with van der Waals surface area (Å²) in [7, 11) is 1.74. The molecule has 3 heteroatoms. The maximum Gasteiger partial charge on any atom is 0.126 e. The Morgan fingerprint density at radius 1 is 0.952 bits per heavy atom. The molecule has 112 valence electrons. The van der Waals surface area contributed by atoms with Gasteiger partial charge in [-0.15, -0.1) is 0 Å². The fourth-order valence-electron chi connectivity index (χ4n) is 2.54. The van der Waals surface area contributed by atoms with Crippen LogP contribution in [0.1, 0.15) is 38.2 Å². The molecule has 1 nitrogen and oxygen atoms in total. The molecule has 0 aliphatic heterocycles. The summed E-state index contributed by atoms with van der Waals surface area (Å²) in [6, 6.07) is 8.70. The van der Waals surface area contributed by atoms with Gasteiger partial charge in [0.2, 0.25) is 0 Å². The Hall–Kier alpha value is -0.800. The van der Waals surface area contributed by atoms with E-state index in [0.29, 0.717) is 0 Å². The second-order valence-corrected chi connectivity index (χ2v) is 7.22. The average Bonchev–Trinajstić information content (AvgIpc) is 2.44. The van der Waals surface area contributed by atoms with E-state index in [0.717, 1.165) is 15.8 Å². The van der Waals surface area contributed by atoms with Crippen LogP contribution in [-0.4, -0.2) is 7.11 Å². The molecule has 0 spiro atoms. The van der Waals surface area contributed by atoms with Crippen LogP contribution in [-0.2, 0) is 0 Å². The topological polar surface area (TPSA) is 9.23 Å². The highest BCUT2D eigenvalue weighted by molar-refractivity contribution is 9.10. The van der Waals surface area contributed by atoms with Gasteiger partial charge in [0, 0.05) is 10.0 Å². The van der Waals surface area contributed by atoms with Crippen molar-refractivity contribution in [2.45, 2.75) is 32.5 Å². The molecule has 0 saturated carbocycles. The van der Waals surface area contributed by atoms with Crippen molar-refractivity contribution in [2.75, 3.05) is 7.11 Å². The molecule has 2 aromatic carbocycles. The number of rotatable bonds is 3. The van der Waals surface area contributed by atoms with E-state index < -0.39 is 0 Å². The van der Waals surface area contributed by atoms with Crippen molar-refractivity contribution < 1.29 is 4.74 Å². The van der Waals surface area contributed by atoms with Crippen molar-refractivity contribution in [3.05, 3.63) is 62.1 Å². The second-order valence-electron chi connectivity index (χ2n) is 5.45. The molecule has 0 N–H and O–H groups in total. The molecule has 2 rings (SSSR count). The fourth-order valence-corrected chi connectivity index (χ4v) is 3.93. The van der Waals surface area contributed by atoms with E-state index in [1.807, 2.05) is 0 Å². The molecule has 0 radical (unpaired) electrons. The van der Waals surface area contributed by atoms with Gasteiger partial charge >= 0.3 is 0 Å². The Morgan fingerprint density at radius 3 is 2.19 bits per heavy atom. The second kappa shape index (κ2) is 6.53. The smallest absolute Gasteiger partial charge is 0.126 e. The van der Waals surface area contributed by atoms with Crippen LogP contribution in [0, 0.1) is 27.7 Å². The van der Waals surface area contributed by atoms with Gasteiger partial charge in [-0.05, 0) is 61.6 Å². The Labute approximate surface area is 144 Å². The highest BCUT2D eigenvalue weighted by Crippen LogP contribution is 2.43. The summed E-state index contributed by atoms with van der Waals surface area (Å²) in [6.07, 6.45) is 0. The molecule has 0 saturated heterocycles. The van der Waals surface area contributed by atoms with E-state index in [-0.39, 0.29) is 4.83 Å². The summed E-state index contributed by atoms with van der Waals surface area (Å²) < 4.78 is 6.77. The van der Waals surface area contributed by atoms with Gasteiger partial charge in [0.05, 0.1) is 11.9 Å². The Kier molecular flexibility index (Phi) is 5.15. The number of methoxy groups -OCH3 is 1. The number of ether oxygens (including phenoxy) is 1. The van der Waals surface area contributed by atoms with Crippen molar-refractivity contribution in [3.8, 4) is 5.75 Å². The van der Waals surface area contributed by atoms with Crippen LogP contribution in [0.25, 0.3) is 0 Å². The lowest BCUT2D eigenvalue weighted by Crippen LogP contribution is -2.03. The molecule has 0 heterocycles. The van der Waals surface area contributed by atoms with Gasteiger partial charge in [-0.25, -0.2) is 0 Å². The number of halogens is 2. The first-order valence-corrected chi connectivity index (χ1v) is 8.62. The summed E-state index contributed by atoms with van der Waals surface area (Å²) in [5, 5.41) is 0. The normalized spacial score (nSPS) is 12.3. The zero-order chi connectivity index (χ0) is 15.7. The third-order valence-electron chi connectivity index (χ3n) is 3.99. The van der Waals surface area contributed by atoms with Gasteiger partial charge in [0.1, 0.15) is 5.75 Å². The zero-order valence-electron chi connectivity index (χ0n) is 13.1. The van der Waals surface area contributed by atoms with Crippen molar-refractivity contribution in [1.29, 1.82) is 0 Å². The predicted octanol–water partition coefficient (Wildman–Crippen LogP) is 6.18. The van der Waals surface area contributed by atoms with Crippen molar-refractivity contribution in [2.24, 2.45) is 0 Å². The van der Waals surface area contributed by atoms with E-state index >= 15 is 0 Å². The van der Waals surface area contributed by atoms with E-state index in [1.165, 1.54) is 27.8 Å². The molecule has 2 aromatic rings. The average molecular weight is 412 g/mol. The summed E-state index contributed by atoms with van der Waals surface area (Å²) in [5.74, 6) is 0.954. The molecular weight excluding hydrogens is 392 g/mol. The van der Waals surface area contributed by atoms with Crippen molar-refractivity contribution >= 4 is 31.9 Å². The van der Waals surface area contributed by atoms with Crippen molar-refractivity contribution in [3.63, 3.8) is 0 Å². The highest BCUT2D eigenvalue weighted by Gasteiger charge is 2.21. The lowest BCUT2D eigenvalue weighted by Gasteiger charge is -2.21. The third kappa shape index (κ3) is 3.19. The lowest BCUT2D eigenvalue weighted by atomic mass is 9.95. The van der Waals surface area contributed by atoms with Gasteiger partial charge in [0.25, 0.3) is 0 Å². The molecule has 0 amide bonds. The van der Waals surface area contributed by atoms with E-state index in [2.05, 4.69) is 83.8 Å². The quantitative estimate of drug-likeness (QED) is 0.548. The van der Waals surface area contributed by atoms with Crippen LogP contribution in [0.4, 0.5) is 0 Å². The minimum absolute atomic E-state index is 0.114. The molecule has 1 atom stereocenters. The van der Waals surface area contributed by atoms with Gasteiger partial charge < -0.3 is 4.74 Å². The van der Waals surface area contributed by atoms with E-state index in [4.69, 9.17) is 4.74 Å². The number of aryl methyl sites for hydroxylation is 3. The molecule has 21 heavy (non-hydrogen) atoms. The van der Waals surface area contributed by atoms with Crippen LogP contribution in [0.2, 0.25) is 0 Å². The first kappa shape index (κ1) is 16.6. The van der Waals surface area contributed by atoms with Crippen LogP contribution in [0.3, 0.4) is 0 Å². The molecule has 0 aliphatic rings. The summed E-state index contributed by atoms with van der Waals surface area (Å²) in [6.45, 7) is 8.48. The molecule has 0 aliphatic carbocycles.